The fourth-order valence-electron chi connectivity index (χ4n) is 2.40. The predicted molar refractivity (Wildman–Crippen MR) is 64.2 cm³/mol. The number of rotatable bonds is 2. The summed E-state index contributed by atoms with van der Waals surface area (Å²) in [7, 11) is 0. The zero-order chi connectivity index (χ0) is 11.6. The van der Waals surface area contributed by atoms with Crippen molar-refractivity contribution in [2.24, 2.45) is 22.9 Å². The van der Waals surface area contributed by atoms with Crippen molar-refractivity contribution in [2.45, 2.75) is 33.6 Å². The Morgan fingerprint density at radius 2 is 1.93 bits per heavy atom. The van der Waals surface area contributed by atoms with Crippen molar-refractivity contribution >= 4 is 5.71 Å². The molecule has 2 heteroatoms. The molecule has 1 rings (SSSR count). The number of nitrogens with zero attached hydrogens (tertiary/aromatic N) is 1. The highest BCUT2D eigenvalue weighted by Gasteiger charge is 2.33. The van der Waals surface area contributed by atoms with Crippen LogP contribution < -0.4 is 0 Å². The van der Waals surface area contributed by atoms with E-state index in [2.05, 4.69) is 32.2 Å². The summed E-state index contributed by atoms with van der Waals surface area (Å²) in [6, 6.07) is 0. The minimum absolute atomic E-state index is 0.308. The van der Waals surface area contributed by atoms with Crippen LogP contribution in [0.3, 0.4) is 0 Å². The maximum absolute atomic E-state index is 8.99. The number of oxime groups is 1. The maximum atomic E-state index is 8.99. The average molecular weight is 207 g/mol. The predicted octanol–water partition coefficient (Wildman–Crippen LogP) is 3.63. The lowest BCUT2D eigenvalue weighted by Gasteiger charge is -2.35. The van der Waals surface area contributed by atoms with Crippen molar-refractivity contribution < 1.29 is 5.21 Å². The molecule has 1 aliphatic rings. The van der Waals surface area contributed by atoms with Gasteiger partial charge in [-0.2, -0.15) is 0 Å². The molecule has 0 bridgehead atoms. The van der Waals surface area contributed by atoms with Crippen molar-refractivity contribution in [3.63, 3.8) is 0 Å². The fourth-order valence-corrected chi connectivity index (χ4v) is 2.40. The molecule has 0 aliphatic heterocycles. The van der Waals surface area contributed by atoms with E-state index in [1.807, 2.05) is 6.92 Å². The molecule has 15 heavy (non-hydrogen) atoms. The van der Waals surface area contributed by atoms with Crippen LogP contribution in [0.4, 0.5) is 0 Å². The summed E-state index contributed by atoms with van der Waals surface area (Å²) in [5, 5.41) is 12.4. The van der Waals surface area contributed by atoms with Gasteiger partial charge in [0.05, 0.1) is 5.71 Å². The molecule has 0 radical (unpaired) electrons. The summed E-state index contributed by atoms with van der Waals surface area (Å²) in [5.74, 6) is 1.17. The van der Waals surface area contributed by atoms with Gasteiger partial charge in [-0.25, -0.2) is 0 Å². The second-order valence-electron chi connectivity index (χ2n) is 4.82. The standard InChI is InChI=1S/C13H21NO/c1-8(2)11-6-12(9(3)4)10(5)13(7-11)14-15/h10-12,15H,1,3,6-7H2,2,4-5H3/t10?,11-,12+/m0/s1. The van der Waals surface area contributed by atoms with Crippen LogP contribution in [-0.4, -0.2) is 10.9 Å². The molecule has 3 atom stereocenters. The third kappa shape index (κ3) is 2.49. The topological polar surface area (TPSA) is 32.6 Å². The van der Waals surface area contributed by atoms with Crippen LogP contribution >= 0.6 is 0 Å². The Kier molecular flexibility index (Phi) is 3.72. The Morgan fingerprint density at radius 1 is 1.33 bits per heavy atom. The molecule has 0 spiro atoms. The monoisotopic (exact) mass is 207 g/mol. The minimum Gasteiger partial charge on any atom is -0.411 e. The van der Waals surface area contributed by atoms with E-state index in [1.54, 1.807) is 0 Å². The SMILES string of the molecule is C=C(C)[C@@H]1CC(=NO)C(C)[C@@H](C(=C)C)C1. The normalized spacial score (nSPS) is 34.1. The first-order chi connectivity index (χ1) is 6.97. The van der Waals surface area contributed by atoms with Crippen molar-refractivity contribution in [1.82, 2.24) is 0 Å². The molecule has 1 fully saturated rings. The number of hydrogen-bond acceptors (Lipinski definition) is 2. The molecule has 0 aromatic rings. The van der Waals surface area contributed by atoms with E-state index in [0.717, 1.165) is 18.6 Å². The first-order valence-electron chi connectivity index (χ1n) is 5.49. The smallest absolute Gasteiger partial charge is 0.0610 e. The molecule has 84 valence electrons. The van der Waals surface area contributed by atoms with E-state index >= 15 is 0 Å². The second-order valence-corrected chi connectivity index (χ2v) is 4.82. The Balaban J connectivity index is 2.91. The fraction of sp³-hybridized carbons (Fsp3) is 0.615. The van der Waals surface area contributed by atoms with E-state index < -0.39 is 0 Å². The maximum Gasteiger partial charge on any atom is 0.0610 e. The molecule has 1 saturated carbocycles. The quantitative estimate of drug-likeness (QED) is 0.418. The summed E-state index contributed by atoms with van der Waals surface area (Å²) in [5.41, 5.74) is 3.24. The van der Waals surface area contributed by atoms with Crippen LogP contribution in [-0.2, 0) is 0 Å². The number of allylic oxidation sites excluding steroid dienone is 2. The highest BCUT2D eigenvalue weighted by atomic mass is 16.4. The molecule has 1 unspecified atom stereocenters. The summed E-state index contributed by atoms with van der Waals surface area (Å²) in [6.45, 7) is 14.2. The molecule has 0 aromatic carbocycles. The Labute approximate surface area is 92.4 Å². The van der Waals surface area contributed by atoms with Gasteiger partial charge in [0.25, 0.3) is 0 Å². The van der Waals surface area contributed by atoms with Gasteiger partial charge in [-0.3, -0.25) is 0 Å². The summed E-state index contributed by atoms with van der Waals surface area (Å²) < 4.78 is 0. The molecule has 1 N–H and O–H groups in total. The van der Waals surface area contributed by atoms with Gasteiger partial charge in [0.15, 0.2) is 0 Å². The van der Waals surface area contributed by atoms with Crippen molar-refractivity contribution in [2.75, 3.05) is 0 Å². The van der Waals surface area contributed by atoms with Crippen LogP contribution in [0.5, 0.6) is 0 Å². The van der Waals surface area contributed by atoms with Gasteiger partial charge in [-0.15, -0.1) is 0 Å². The summed E-state index contributed by atoms with van der Waals surface area (Å²) >= 11 is 0. The van der Waals surface area contributed by atoms with Gasteiger partial charge in [0.1, 0.15) is 0 Å². The van der Waals surface area contributed by atoms with E-state index in [-0.39, 0.29) is 0 Å². The highest BCUT2D eigenvalue weighted by molar-refractivity contribution is 5.87. The minimum atomic E-state index is 0.308. The summed E-state index contributed by atoms with van der Waals surface area (Å²) in [4.78, 5) is 0. The molecular weight excluding hydrogens is 186 g/mol. The van der Waals surface area contributed by atoms with Crippen LogP contribution in [0.25, 0.3) is 0 Å². The van der Waals surface area contributed by atoms with Gasteiger partial charge >= 0.3 is 0 Å². The van der Waals surface area contributed by atoms with E-state index in [1.165, 1.54) is 11.1 Å². The lowest BCUT2D eigenvalue weighted by Crippen LogP contribution is -2.32. The Hall–Kier alpha value is -1.05. The van der Waals surface area contributed by atoms with E-state index in [0.29, 0.717) is 17.8 Å². The van der Waals surface area contributed by atoms with Crippen LogP contribution in [0, 0.1) is 17.8 Å². The van der Waals surface area contributed by atoms with Crippen molar-refractivity contribution in [1.29, 1.82) is 0 Å². The Morgan fingerprint density at radius 3 is 2.33 bits per heavy atom. The summed E-state index contributed by atoms with van der Waals surface area (Å²) in [6.07, 6.45) is 1.93. The lowest BCUT2D eigenvalue weighted by atomic mass is 9.69. The first kappa shape index (κ1) is 12.0. The first-order valence-corrected chi connectivity index (χ1v) is 5.49. The third-order valence-corrected chi connectivity index (χ3v) is 3.58. The molecule has 2 nitrogen and oxygen atoms in total. The second kappa shape index (κ2) is 4.65. The lowest BCUT2D eigenvalue weighted by molar-refractivity contribution is 0.293. The van der Waals surface area contributed by atoms with Crippen LogP contribution in [0.15, 0.2) is 29.5 Å². The third-order valence-electron chi connectivity index (χ3n) is 3.58. The van der Waals surface area contributed by atoms with Crippen molar-refractivity contribution in [3.05, 3.63) is 24.3 Å². The number of hydrogen-bond donors (Lipinski definition) is 1. The van der Waals surface area contributed by atoms with E-state index in [4.69, 9.17) is 5.21 Å². The molecule has 0 heterocycles. The highest BCUT2D eigenvalue weighted by Crippen LogP contribution is 2.38. The van der Waals surface area contributed by atoms with Gasteiger partial charge in [-0.1, -0.05) is 36.4 Å². The van der Waals surface area contributed by atoms with E-state index in [9.17, 15) is 0 Å². The van der Waals surface area contributed by atoms with Gasteiger partial charge < -0.3 is 5.21 Å². The molecular formula is C13H21NO. The van der Waals surface area contributed by atoms with Crippen molar-refractivity contribution in [3.8, 4) is 0 Å². The van der Waals surface area contributed by atoms with Crippen LogP contribution in [0.1, 0.15) is 33.6 Å². The largest absolute Gasteiger partial charge is 0.411 e. The van der Waals surface area contributed by atoms with Gasteiger partial charge in [0.2, 0.25) is 0 Å². The molecule has 0 aromatic heterocycles. The molecule has 0 saturated heterocycles. The van der Waals surface area contributed by atoms with Gasteiger partial charge in [0, 0.05) is 5.92 Å². The zero-order valence-corrected chi connectivity index (χ0v) is 9.95. The molecule has 0 amide bonds. The van der Waals surface area contributed by atoms with Gasteiger partial charge in [-0.05, 0) is 38.5 Å². The Bertz CT molecular complexity index is 304. The zero-order valence-electron chi connectivity index (χ0n) is 9.95. The van der Waals surface area contributed by atoms with Crippen LogP contribution in [0.2, 0.25) is 0 Å². The average Bonchev–Trinajstić information content (AvgIpc) is 2.17. The molecule has 1 aliphatic carbocycles.